The van der Waals surface area contributed by atoms with E-state index in [1.165, 1.54) is 0 Å². The van der Waals surface area contributed by atoms with Gasteiger partial charge in [-0.15, -0.1) is 6.04 Å². The van der Waals surface area contributed by atoms with Gasteiger partial charge in [0.15, 0.2) is 0 Å². The third-order valence-electron chi connectivity index (χ3n) is 5.80. The summed E-state index contributed by atoms with van der Waals surface area (Å²) in [5.74, 6) is 0.887. The van der Waals surface area contributed by atoms with E-state index in [1.54, 1.807) is 26.4 Å². The van der Waals surface area contributed by atoms with Crippen molar-refractivity contribution in [2.24, 2.45) is 11.7 Å². The molecule has 0 aliphatic rings. The Kier molecular flexibility index (Phi) is 10.3. The van der Waals surface area contributed by atoms with Crippen LogP contribution in [0.2, 0.25) is 0 Å². The quantitative estimate of drug-likeness (QED) is 0.304. The lowest BCUT2D eigenvalue weighted by Crippen LogP contribution is -2.46. The molecule has 0 saturated carbocycles. The Morgan fingerprint density at radius 1 is 1.06 bits per heavy atom. The zero-order valence-electron chi connectivity index (χ0n) is 19.4. The van der Waals surface area contributed by atoms with E-state index in [2.05, 4.69) is 12.2 Å². The number of benzene rings is 2. The predicted molar refractivity (Wildman–Crippen MR) is 131 cm³/mol. The average Bonchev–Trinajstić information content (AvgIpc) is 2.81. The summed E-state index contributed by atoms with van der Waals surface area (Å²) < 4.78 is 10.7. The van der Waals surface area contributed by atoms with E-state index in [4.69, 9.17) is 26.7 Å². The predicted octanol–water partition coefficient (Wildman–Crippen LogP) is 4.80. The molecule has 0 aliphatic carbocycles. The summed E-state index contributed by atoms with van der Waals surface area (Å²) >= 11 is 0. The zero-order valence-corrected chi connectivity index (χ0v) is 19.4. The van der Waals surface area contributed by atoms with Crippen molar-refractivity contribution >= 4 is 17.3 Å². The highest BCUT2D eigenvalue weighted by Gasteiger charge is 2.26. The average molecular weight is 442 g/mol. The van der Waals surface area contributed by atoms with Gasteiger partial charge < -0.3 is 32.0 Å². The van der Waals surface area contributed by atoms with Gasteiger partial charge in [-0.25, -0.2) is 0 Å². The summed E-state index contributed by atoms with van der Waals surface area (Å²) in [7, 11) is 3.24. The summed E-state index contributed by atoms with van der Waals surface area (Å²) in [4.78, 5) is 12.9. The first-order valence-corrected chi connectivity index (χ1v) is 11.2. The van der Waals surface area contributed by atoms with E-state index >= 15 is 0 Å². The SMILES string of the molecule is CCCCCC(C([NH-])CCc1cc(OC)cc(OC)c1)C(N)C(=O)Nc1ccccc1N. The van der Waals surface area contributed by atoms with Crippen LogP contribution in [0.5, 0.6) is 11.5 Å². The number of hydrogen-bond donors (Lipinski definition) is 3. The molecule has 6 N–H and O–H groups in total. The highest BCUT2D eigenvalue weighted by molar-refractivity contribution is 5.97. The molecule has 0 radical (unpaired) electrons. The molecule has 0 heterocycles. The molecule has 32 heavy (non-hydrogen) atoms. The minimum Gasteiger partial charge on any atom is -0.674 e. The number of carbonyl (C=O) groups excluding carboxylic acids is 1. The number of hydrogen-bond acceptors (Lipinski definition) is 5. The van der Waals surface area contributed by atoms with Gasteiger partial charge in [0.05, 0.1) is 31.6 Å². The molecule has 3 unspecified atom stereocenters. The Morgan fingerprint density at radius 3 is 2.31 bits per heavy atom. The molecule has 1 amide bonds. The second kappa shape index (κ2) is 12.9. The van der Waals surface area contributed by atoms with Crippen molar-refractivity contribution in [3.63, 3.8) is 0 Å². The van der Waals surface area contributed by atoms with Crippen LogP contribution in [0, 0.1) is 5.92 Å². The largest absolute Gasteiger partial charge is 0.674 e. The number of nitrogen functional groups attached to an aromatic ring is 1. The van der Waals surface area contributed by atoms with Gasteiger partial charge in [0.1, 0.15) is 11.5 Å². The first kappa shape index (κ1) is 25.5. The number of ether oxygens (including phenoxy) is 2. The molecule has 2 aromatic carbocycles. The van der Waals surface area contributed by atoms with Crippen LogP contribution in [0.3, 0.4) is 0 Å². The smallest absolute Gasteiger partial charge is 0.241 e. The van der Waals surface area contributed by atoms with Gasteiger partial charge >= 0.3 is 0 Å². The molecular formula is C25H37N4O3-. The van der Waals surface area contributed by atoms with Crippen LogP contribution in [0.1, 0.15) is 44.6 Å². The van der Waals surface area contributed by atoms with Crippen LogP contribution in [-0.4, -0.2) is 32.2 Å². The molecule has 3 atom stereocenters. The lowest BCUT2D eigenvalue weighted by molar-refractivity contribution is -0.118. The Bertz CT molecular complexity index is 837. The summed E-state index contributed by atoms with van der Waals surface area (Å²) in [6.07, 6.45) is 5.06. The summed E-state index contributed by atoms with van der Waals surface area (Å²) in [6.45, 7) is 2.13. The number of nitrogens with two attached hydrogens (primary N) is 2. The standard InChI is InChI=1S/C25H37N4O3/c1-4-5-6-9-20(24(28)25(30)29-23-11-8-7-10-22(23)27)21(26)13-12-17-14-18(31-2)16-19(15-17)32-3/h7-8,10-11,14-16,20-21,24,26H,4-6,9,12-13,27-28H2,1-3H3,(H,29,30)/q-1. The number of unbranched alkanes of at least 4 members (excludes halogenated alkanes) is 2. The van der Waals surface area contributed by atoms with E-state index in [0.29, 0.717) is 24.2 Å². The molecule has 0 spiro atoms. The molecule has 0 aliphatic heterocycles. The minimum atomic E-state index is -0.784. The van der Waals surface area contributed by atoms with Gasteiger partial charge in [0.2, 0.25) is 5.91 Å². The molecule has 7 nitrogen and oxygen atoms in total. The molecule has 176 valence electrons. The van der Waals surface area contributed by atoms with Gasteiger partial charge in [-0.2, -0.15) is 0 Å². The van der Waals surface area contributed by atoms with Crippen molar-refractivity contribution in [3.05, 3.63) is 53.8 Å². The molecule has 7 heteroatoms. The van der Waals surface area contributed by atoms with Crippen molar-refractivity contribution in [1.82, 2.24) is 0 Å². The van der Waals surface area contributed by atoms with Gasteiger partial charge in [0, 0.05) is 6.07 Å². The maximum absolute atomic E-state index is 12.9. The van der Waals surface area contributed by atoms with Crippen molar-refractivity contribution in [3.8, 4) is 11.5 Å². The normalized spacial score (nSPS) is 13.8. The molecule has 2 aromatic rings. The monoisotopic (exact) mass is 441 g/mol. The topological polar surface area (TPSA) is 123 Å². The third kappa shape index (κ3) is 7.43. The van der Waals surface area contributed by atoms with Gasteiger partial charge in [-0.3, -0.25) is 4.79 Å². The minimum absolute atomic E-state index is 0.251. The van der Waals surface area contributed by atoms with Crippen LogP contribution in [0.4, 0.5) is 11.4 Å². The fourth-order valence-corrected chi connectivity index (χ4v) is 3.83. The molecule has 0 bridgehead atoms. The van der Waals surface area contributed by atoms with Gasteiger partial charge in [-0.05, 0) is 48.6 Å². The van der Waals surface area contributed by atoms with Crippen molar-refractivity contribution < 1.29 is 14.3 Å². The second-order valence-corrected chi connectivity index (χ2v) is 8.13. The Labute approximate surface area is 191 Å². The van der Waals surface area contributed by atoms with Crippen LogP contribution < -0.4 is 26.3 Å². The summed E-state index contributed by atoms with van der Waals surface area (Å²) in [5.41, 5.74) is 23.2. The Morgan fingerprint density at radius 2 is 1.72 bits per heavy atom. The highest BCUT2D eigenvalue weighted by Crippen LogP contribution is 2.27. The summed E-state index contributed by atoms with van der Waals surface area (Å²) in [6, 6.07) is 11.6. The van der Waals surface area contributed by atoms with Gasteiger partial charge in [-0.1, -0.05) is 44.7 Å². The van der Waals surface area contributed by atoms with Crippen LogP contribution in [0.15, 0.2) is 42.5 Å². The second-order valence-electron chi connectivity index (χ2n) is 8.13. The van der Waals surface area contributed by atoms with Crippen LogP contribution in [-0.2, 0) is 11.2 Å². The molecular weight excluding hydrogens is 404 g/mol. The first-order chi connectivity index (χ1) is 15.4. The number of amides is 1. The van der Waals surface area contributed by atoms with Crippen molar-refractivity contribution in [1.29, 1.82) is 0 Å². The number of aryl methyl sites for hydroxylation is 1. The lowest BCUT2D eigenvalue weighted by Gasteiger charge is -2.35. The fraction of sp³-hybridized carbons (Fsp3) is 0.480. The Hall–Kier alpha value is -2.77. The maximum Gasteiger partial charge on any atom is 0.241 e. The van der Waals surface area contributed by atoms with Crippen LogP contribution in [0.25, 0.3) is 5.73 Å². The lowest BCUT2D eigenvalue weighted by atomic mass is 9.84. The number of para-hydroxylation sites is 2. The van der Waals surface area contributed by atoms with Crippen molar-refractivity contribution in [2.75, 3.05) is 25.3 Å². The fourth-order valence-electron chi connectivity index (χ4n) is 3.83. The zero-order chi connectivity index (χ0) is 23.5. The maximum atomic E-state index is 12.9. The molecule has 0 saturated heterocycles. The number of carbonyl (C=O) groups is 1. The van der Waals surface area contributed by atoms with E-state index in [9.17, 15) is 4.79 Å². The highest BCUT2D eigenvalue weighted by atomic mass is 16.5. The first-order valence-electron chi connectivity index (χ1n) is 11.2. The van der Waals surface area contributed by atoms with E-state index in [0.717, 1.165) is 42.7 Å². The van der Waals surface area contributed by atoms with E-state index in [1.807, 2.05) is 30.3 Å². The molecule has 2 rings (SSSR count). The molecule has 0 aromatic heterocycles. The van der Waals surface area contributed by atoms with E-state index in [-0.39, 0.29) is 11.8 Å². The number of rotatable bonds is 13. The number of nitrogens with one attached hydrogen (secondary N) is 2. The third-order valence-corrected chi connectivity index (χ3v) is 5.80. The molecule has 0 fully saturated rings. The van der Waals surface area contributed by atoms with Gasteiger partial charge in [0.25, 0.3) is 0 Å². The van der Waals surface area contributed by atoms with E-state index < -0.39 is 12.1 Å². The van der Waals surface area contributed by atoms with Crippen molar-refractivity contribution in [2.45, 2.75) is 57.5 Å². The number of methoxy groups -OCH3 is 2. The summed E-state index contributed by atoms with van der Waals surface area (Å²) in [5, 5.41) is 2.83. The number of anilines is 2. The van der Waals surface area contributed by atoms with Crippen LogP contribution >= 0.6 is 0 Å². The Balaban J connectivity index is 2.09.